The second-order valence-electron chi connectivity index (χ2n) is 4.73. The van der Waals surface area contributed by atoms with Crippen molar-refractivity contribution in [3.05, 3.63) is 11.9 Å². The summed E-state index contributed by atoms with van der Waals surface area (Å²) in [4.78, 5) is 6.70. The minimum atomic E-state index is -4.61. The number of ether oxygens (including phenoxy) is 2. The molecule has 1 N–H and O–H groups in total. The molecule has 0 saturated carbocycles. The highest BCUT2D eigenvalue weighted by Crippen LogP contribution is 2.29. The van der Waals surface area contributed by atoms with Gasteiger partial charge in [-0.2, -0.15) is 18.2 Å². The van der Waals surface area contributed by atoms with E-state index in [0.717, 1.165) is 0 Å². The van der Waals surface area contributed by atoms with Crippen LogP contribution < -0.4 is 10.1 Å². The Bertz CT molecular complexity index is 450. The molecule has 0 aromatic carbocycles. The predicted molar refractivity (Wildman–Crippen MR) is 67.8 cm³/mol. The minimum absolute atomic E-state index is 0.0494. The van der Waals surface area contributed by atoms with Gasteiger partial charge in [0.2, 0.25) is 11.7 Å². The smallest absolute Gasteiger partial charge is 0.451 e. The summed E-state index contributed by atoms with van der Waals surface area (Å²) in [6, 6.07) is 1.31. The van der Waals surface area contributed by atoms with Crippen molar-refractivity contribution in [1.29, 1.82) is 0 Å². The van der Waals surface area contributed by atoms with E-state index < -0.39 is 17.6 Å². The van der Waals surface area contributed by atoms with Gasteiger partial charge in [-0.25, -0.2) is 4.98 Å². The van der Waals surface area contributed by atoms with Crippen LogP contribution in [0.4, 0.5) is 19.0 Å². The fourth-order valence-electron chi connectivity index (χ4n) is 1.26. The van der Waals surface area contributed by atoms with Gasteiger partial charge in [-0.15, -0.1) is 0 Å². The Morgan fingerprint density at radius 2 is 1.90 bits per heavy atom. The summed E-state index contributed by atoms with van der Waals surface area (Å²) in [6.07, 6.45) is -4.10. The third-order valence-corrected chi connectivity index (χ3v) is 2.72. The third kappa shape index (κ3) is 4.84. The normalized spacial score (nSPS) is 12.3. The largest absolute Gasteiger partial charge is 0.477 e. The van der Waals surface area contributed by atoms with Crippen LogP contribution in [0.3, 0.4) is 0 Å². The summed E-state index contributed by atoms with van der Waals surface area (Å²) in [5.74, 6) is -1.30. The molecule has 0 atom stereocenters. The lowest BCUT2D eigenvalue weighted by atomic mass is 10.1. The molecular weight excluding hydrogens is 275 g/mol. The maximum absolute atomic E-state index is 12.6. The number of hydrogen-bond acceptors (Lipinski definition) is 5. The molecule has 0 spiro atoms. The quantitative estimate of drug-likeness (QED) is 0.874. The number of rotatable bonds is 6. The first-order valence-corrected chi connectivity index (χ1v) is 6.00. The average Bonchev–Trinajstić information content (AvgIpc) is 2.37. The van der Waals surface area contributed by atoms with Crippen molar-refractivity contribution < 1.29 is 22.6 Å². The van der Waals surface area contributed by atoms with Crippen LogP contribution in [0.1, 0.15) is 26.1 Å². The standard InChI is InChI=1S/C12H18F3N3O2/c1-11(2,19-4)5-6-20-9-7-8(16-3)17-10(18-9)12(13,14)15/h7H,5-6H2,1-4H3,(H,16,17,18). The molecule has 5 nitrogen and oxygen atoms in total. The Morgan fingerprint density at radius 1 is 1.25 bits per heavy atom. The Balaban J connectivity index is 2.80. The number of aromatic nitrogens is 2. The molecule has 0 unspecified atom stereocenters. The van der Waals surface area contributed by atoms with Crippen LogP contribution in [0.2, 0.25) is 0 Å². The molecule has 1 rings (SSSR count). The molecule has 0 fully saturated rings. The molecule has 114 valence electrons. The van der Waals surface area contributed by atoms with E-state index in [1.807, 2.05) is 13.8 Å². The third-order valence-electron chi connectivity index (χ3n) is 2.72. The molecule has 0 aliphatic heterocycles. The highest BCUT2D eigenvalue weighted by molar-refractivity contribution is 5.38. The summed E-state index contributed by atoms with van der Waals surface area (Å²) >= 11 is 0. The van der Waals surface area contributed by atoms with E-state index in [4.69, 9.17) is 9.47 Å². The molecule has 1 heterocycles. The maximum atomic E-state index is 12.6. The Morgan fingerprint density at radius 3 is 2.40 bits per heavy atom. The van der Waals surface area contributed by atoms with E-state index in [2.05, 4.69) is 15.3 Å². The molecule has 8 heteroatoms. The van der Waals surface area contributed by atoms with E-state index in [1.54, 1.807) is 7.11 Å². The molecule has 0 bridgehead atoms. The molecule has 20 heavy (non-hydrogen) atoms. The number of alkyl halides is 3. The average molecular weight is 293 g/mol. The van der Waals surface area contributed by atoms with Crippen LogP contribution in [-0.2, 0) is 10.9 Å². The number of nitrogens with zero attached hydrogens (tertiary/aromatic N) is 2. The van der Waals surface area contributed by atoms with Crippen molar-refractivity contribution in [3.8, 4) is 5.88 Å². The van der Waals surface area contributed by atoms with Gasteiger partial charge in [0.1, 0.15) is 5.82 Å². The topological polar surface area (TPSA) is 56.3 Å². The van der Waals surface area contributed by atoms with Crippen LogP contribution in [0.5, 0.6) is 5.88 Å². The predicted octanol–water partition coefficient (Wildman–Crippen LogP) is 2.73. The summed E-state index contributed by atoms with van der Waals surface area (Å²) in [7, 11) is 3.03. The highest BCUT2D eigenvalue weighted by Gasteiger charge is 2.35. The molecule has 0 saturated heterocycles. The van der Waals surface area contributed by atoms with Gasteiger partial charge in [0.15, 0.2) is 0 Å². The van der Waals surface area contributed by atoms with Gasteiger partial charge in [-0.3, -0.25) is 0 Å². The van der Waals surface area contributed by atoms with Crippen molar-refractivity contribution >= 4 is 5.82 Å². The van der Waals surface area contributed by atoms with Gasteiger partial charge in [0, 0.05) is 26.6 Å². The van der Waals surface area contributed by atoms with Crippen molar-refractivity contribution in [2.24, 2.45) is 0 Å². The zero-order valence-corrected chi connectivity index (χ0v) is 11.8. The first-order valence-electron chi connectivity index (χ1n) is 6.00. The molecule has 0 amide bonds. The lowest BCUT2D eigenvalue weighted by molar-refractivity contribution is -0.145. The fourth-order valence-corrected chi connectivity index (χ4v) is 1.26. The van der Waals surface area contributed by atoms with Crippen LogP contribution in [0.15, 0.2) is 6.07 Å². The summed E-state index contributed by atoms with van der Waals surface area (Å²) in [5.41, 5.74) is -0.411. The van der Waals surface area contributed by atoms with Crippen molar-refractivity contribution in [2.45, 2.75) is 32.0 Å². The molecule has 1 aromatic heterocycles. The van der Waals surface area contributed by atoms with Gasteiger partial charge in [0.05, 0.1) is 12.2 Å². The Hall–Kier alpha value is -1.57. The summed E-state index contributed by atoms with van der Waals surface area (Å²) in [5, 5.41) is 2.54. The minimum Gasteiger partial charge on any atom is -0.477 e. The number of anilines is 1. The fraction of sp³-hybridized carbons (Fsp3) is 0.667. The monoisotopic (exact) mass is 293 g/mol. The van der Waals surface area contributed by atoms with Gasteiger partial charge in [-0.1, -0.05) is 0 Å². The van der Waals surface area contributed by atoms with Crippen molar-refractivity contribution in [1.82, 2.24) is 9.97 Å². The lowest BCUT2D eigenvalue weighted by Gasteiger charge is -2.22. The zero-order valence-electron chi connectivity index (χ0n) is 11.8. The number of hydrogen-bond donors (Lipinski definition) is 1. The van der Waals surface area contributed by atoms with E-state index in [-0.39, 0.29) is 18.3 Å². The van der Waals surface area contributed by atoms with E-state index >= 15 is 0 Å². The molecule has 0 aliphatic rings. The van der Waals surface area contributed by atoms with Gasteiger partial charge in [-0.05, 0) is 13.8 Å². The second kappa shape index (κ2) is 6.25. The van der Waals surface area contributed by atoms with E-state index in [1.165, 1.54) is 13.1 Å². The summed E-state index contributed by atoms with van der Waals surface area (Å²) in [6.45, 7) is 3.91. The van der Waals surface area contributed by atoms with Gasteiger partial charge in [0.25, 0.3) is 0 Å². The first-order chi connectivity index (χ1) is 9.18. The van der Waals surface area contributed by atoms with Gasteiger partial charge < -0.3 is 14.8 Å². The first kappa shape index (κ1) is 16.5. The number of methoxy groups -OCH3 is 1. The van der Waals surface area contributed by atoms with Crippen molar-refractivity contribution in [3.63, 3.8) is 0 Å². The number of halogens is 3. The van der Waals surface area contributed by atoms with Crippen LogP contribution in [-0.4, -0.2) is 36.3 Å². The maximum Gasteiger partial charge on any atom is 0.451 e. The van der Waals surface area contributed by atoms with E-state index in [0.29, 0.717) is 6.42 Å². The van der Waals surface area contributed by atoms with Gasteiger partial charge >= 0.3 is 6.18 Å². The molecule has 1 aromatic rings. The highest BCUT2D eigenvalue weighted by atomic mass is 19.4. The summed E-state index contributed by atoms with van der Waals surface area (Å²) < 4.78 is 48.3. The Labute approximate surface area is 115 Å². The second-order valence-corrected chi connectivity index (χ2v) is 4.73. The van der Waals surface area contributed by atoms with Crippen LogP contribution >= 0.6 is 0 Å². The van der Waals surface area contributed by atoms with Crippen LogP contribution in [0, 0.1) is 0 Å². The van der Waals surface area contributed by atoms with Crippen molar-refractivity contribution in [2.75, 3.05) is 26.1 Å². The molecule has 0 aliphatic carbocycles. The molecular formula is C12H18F3N3O2. The SMILES string of the molecule is CNc1cc(OCCC(C)(C)OC)nc(C(F)(F)F)n1. The zero-order chi connectivity index (χ0) is 15.4. The Kier molecular flexibility index (Phi) is 5.15. The number of nitrogens with one attached hydrogen (secondary N) is 1. The van der Waals surface area contributed by atoms with Crippen LogP contribution in [0.25, 0.3) is 0 Å². The molecule has 0 radical (unpaired) electrons. The van der Waals surface area contributed by atoms with E-state index in [9.17, 15) is 13.2 Å². The lowest BCUT2D eigenvalue weighted by Crippen LogP contribution is -2.25.